The number of hydrogen-bond donors (Lipinski definition) is 2. The molecule has 0 fully saturated rings. The second kappa shape index (κ2) is 4.52. The van der Waals surface area contributed by atoms with Gasteiger partial charge in [0, 0.05) is 5.75 Å². The van der Waals surface area contributed by atoms with Gasteiger partial charge in [-0.05, 0) is 23.8 Å². The maximum Gasteiger partial charge on any atom is 0.332 e. The zero-order valence-corrected chi connectivity index (χ0v) is 11.6. The Morgan fingerprint density at radius 3 is 2.75 bits per heavy atom. The zero-order valence-electron chi connectivity index (χ0n) is 10.8. The molecule has 2 N–H and O–H groups in total. The van der Waals surface area contributed by atoms with Gasteiger partial charge in [0.2, 0.25) is 0 Å². The molecule has 2 aromatic rings. The van der Waals surface area contributed by atoms with Gasteiger partial charge in [0.25, 0.3) is 0 Å². The van der Waals surface area contributed by atoms with E-state index >= 15 is 0 Å². The summed E-state index contributed by atoms with van der Waals surface area (Å²) < 4.78 is 0. The number of aliphatic carboxylic acids is 1. The van der Waals surface area contributed by atoms with Crippen LogP contribution in [0, 0.1) is 0 Å². The number of aliphatic imine (C=N–C) groups is 1. The Morgan fingerprint density at radius 2 is 2.05 bits per heavy atom. The molecule has 0 aromatic heterocycles. The molecule has 1 aliphatic heterocycles. The van der Waals surface area contributed by atoms with Crippen LogP contribution >= 0.6 is 11.8 Å². The molecular formula is C15H13NO3S. The van der Waals surface area contributed by atoms with E-state index in [2.05, 4.69) is 4.99 Å². The Balaban J connectivity index is 2.21. The van der Waals surface area contributed by atoms with E-state index in [1.807, 2.05) is 30.3 Å². The third kappa shape index (κ3) is 1.94. The number of rotatable bonds is 2. The number of hydrogen-bond acceptors (Lipinski definition) is 4. The van der Waals surface area contributed by atoms with Gasteiger partial charge in [0.1, 0.15) is 10.8 Å². The van der Waals surface area contributed by atoms with E-state index in [9.17, 15) is 15.0 Å². The van der Waals surface area contributed by atoms with Crippen LogP contribution in [-0.2, 0) is 4.79 Å². The Morgan fingerprint density at radius 1 is 1.30 bits per heavy atom. The van der Waals surface area contributed by atoms with Crippen molar-refractivity contribution < 1.29 is 15.0 Å². The molecule has 0 spiro atoms. The number of aromatic hydroxyl groups is 1. The molecule has 1 heterocycles. The SMILES string of the molecule is CC1(C(=O)O)CSC(c2c(O)ccc3ccccc23)=N1. The zero-order chi connectivity index (χ0) is 14.3. The lowest BCUT2D eigenvalue weighted by atomic mass is 10.0. The highest BCUT2D eigenvalue weighted by Gasteiger charge is 2.39. The summed E-state index contributed by atoms with van der Waals surface area (Å²) >= 11 is 1.37. The largest absolute Gasteiger partial charge is 0.507 e. The molecule has 20 heavy (non-hydrogen) atoms. The molecule has 1 atom stereocenters. The topological polar surface area (TPSA) is 69.9 Å². The van der Waals surface area contributed by atoms with E-state index in [1.54, 1.807) is 13.0 Å². The highest BCUT2D eigenvalue weighted by Crippen LogP contribution is 2.37. The van der Waals surface area contributed by atoms with E-state index in [0.29, 0.717) is 16.4 Å². The molecule has 3 rings (SSSR count). The molecule has 102 valence electrons. The van der Waals surface area contributed by atoms with Crippen LogP contribution in [0.1, 0.15) is 12.5 Å². The average Bonchev–Trinajstić information content (AvgIpc) is 2.82. The third-order valence-corrected chi connectivity index (χ3v) is 4.70. The highest BCUT2D eigenvalue weighted by molar-refractivity contribution is 8.14. The number of benzene rings is 2. The summed E-state index contributed by atoms with van der Waals surface area (Å²) in [5.41, 5.74) is -0.498. The lowest BCUT2D eigenvalue weighted by Gasteiger charge is -2.12. The summed E-state index contributed by atoms with van der Waals surface area (Å²) in [7, 11) is 0. The van der Waals surface area contributed by atoms with E-state index in [4.69, 9.17) is 0 Å². The summed E-state index contributed by atoms with van der Waals surface area (Å²) in [6, 6.07) is 11.1. The van der Waals surface area contributed by atoms with E-state index in [0.717, 1.165) is 10.8 Å². The van der Waals surface area contributed by atoms with Crippen LogP contribution in [0.15, 0.2) is 41.4 Å². The Hall–Kier alpha value is -2.01. The lowest BCUT2D eigenvalue weighted by Crippen LogP contribution is -2.33. The number of phenolic OH excluding ortho intramolecular Hbond substituents is 1. The summed E-state index contributed by atoms with van der Waals surface area (Å²) in [4.78, 5) is 15.6. The van der Waals surface area contributed by atoms with Crippen molar-refractivity contribution in [1.29, 1.82) is 0 Å². The summed E-state index contributed by atoms with van der Waals surface area (Å²) in [5.74, 6) is -0.440. The minimum Gasteiger partial charge on any atom is -0.507 e. The van der Waals surface area contributed by atoms with Gasteiger partial charge in [-0.15, -0.1) is 11.8 Å². The van der Waals surface area contributed by atoms with Crippen LogP contribution in [-0.4, -0.2) is 32.5 Å². The monoisotopic (exact) mass is 287 g/mol. The van der Waals surface area contributed by atoms with E-state index in [-0.39, 0.29) is 5.75 Å². The first-order valence-corrected chi connectivity index (χ1v) is 7.17. The maximum atomic E-state index is 11.3. The molecule has 2 aromatic carbocycles. The van der Waals surface area contributed by atoms with Crippen LogP contribution < -0.4 is 0 Å². The van der Waals surface area contributed by atoms with Gasteiger partial charge in [-0.25, -0.2) is 4.79 Å². The summed E-state index contributed by atoms with van der Waals surface area (Å²) in [5, 5.41) is 21.8. The van der Waals surface area contributed by atoms with Crippen molar-refractivity contribution in [3.05, 3.63) is 42.0 Å². The van der Waals surface area contributed by atoms with Crippen molar-refractivity contribution in [1.82, 2.24) is 0 Å². The second-order valence-corrected chi connectivity index (χ2v) is 5.93. The second-order valence-electron chi connectivity index (χ2n) is 4.97. The van der Waals surface area contributed by atoms with Crippen LogP contribution in [0.2, 0.25) is 0 Å². The van der Waals surface area contributed by atoms with Crippen molar-refractivity contribution in [2.45, 2.75) is 12.5 Å². The average molecular weight is 287 g/mol. The fourth-order valence-corrected chi connectivity index (χ4v) is 3.45. The van der Waals surface area contributed by atoms with Crippen LogP contribution in [0.3, 0.4) is 0 Å². The van der Waals surface area contributed by atoms with Crippen molar-refractivity contribution >= 4 is 33.5 Å². The van der Waals surface area contributed by atoms with Gasteiger partial charge >= 0.3 is 5.97 Å². The number of carboxylic acids is 1. The predicted octanol–water partition coefficient (Wildman–Crippen LogP) is 2.88. The molecule has 5 heteroatoms. The Kier molecular flexibility index (Phi) is 2.94. The standard InChI is InChI=1S/C15H13NO3S/c1-15(14(18)19)8-20-13(16-15)12-10-5-3-2-4-9(10)6-7-11(12)17/h2-7,17H,8H2,1H3,(H,18,19). The number of carboxylic acid groups (broad SMARTS) is 1. The highest BCUT2D eigenvalue weighted by atomic mass is 32.2. The van der Waals surface area contributed by atoms with E-state index in [1.165, 1.54) is 11.8 Å². The third-order valence-electron chi connectivity index (χ3n) is 3.42. The summed E-state index contributed by atoms with van der Waals surface area (Å²) in [6.07, 6.45) is 0. The Labute approximate surface area is 120 Å². The maximum absolute atomic E-state index is 11.3. The molecule has 0 saturated heterocycles. The molecule has 0 aliphatic carbocycles. The fourth-order valence-electron chi connectivity index (χ4n) is 2.22. The quantitative estimate of drug-likeness (QED) is 0.891. The van der Waals surface area contributed by atoms with Crippen LogP contribution in [0.25, 0.3) is 10.8 Å². The molecule has 0 radical (unpaired) electrons. The van der Waals surface area contributed by atoms with Gasteiger partial charge in [-0.3, -0.25) is 4.99 Å². The van der Waals surface area contributed by atoms with Crippen molar-refractivity contribution in [3.63, 3.8) is 0 Å². The number of carbonyl (C=O) groups is 1. The normalized spacial score (nSPS) is 21.9. The molecule has 0 bridgehead atoms. The van der Waals surface area contributed by atoms with E-state index < -0.39 is 11.5 Å². The van der Waals surface area contributed by atoms with Crippen molar-refractivity contribution in [3.8, 4) is 5.75 Å². The molecule has 1 aliphatic rings. The smallest absolute Gasteiger partial charge is 0.332 e. The molecule has 0 saturated carbocycles. The first kappa shape index (κ1) is 13.0. The van der Waals surface area contributed by atoms with Gasteiger partial charge in [0.05, 0.1) is 5.56 Å². The predicted molar refractivity (Wildman–Crippen MR) is 80.6 cm³/mol. The van der Waals surface area contributed by atoms with Gasteiger partial charge in [-0.2, -0.15) is 0 Å². The number of phenols is 1. The van der Waals surface area contributed by atoms with Gasteiger partial charge < -0.3 is 10.2 Å². The van der Waals surface area contributed by atoms with Gasteiger partial charge in [-0.1, -0.05) is 30.3 Å². The van der Waals surface area contributed by atoms with Crippen molar-refractivity contribution in [2.75, 3.05) is 5.75 Å². The number of thioether (sulfide) groups is 1. The lowest BCUT2D eigenvalue weighted by molar-refractivity contribution is -0.141. The first-order chi connectivity index (χ1) is 9.51. The first-order valence-electron chi connectivity index (χ1n) is 6.18. The Bertz CT molecular complexity index is 741. The van der Waals surface area contributed by atoms with Gasteiger partial charge in [0.15, 0.2) is 5.54 Å². The van der Waals surface area contributed by atoms with Crippen LogP contribution in [0.5, 0.6) is 5.75 Å². The molecule has 1 unspecified atom stereocenters. The molecule has 4 nitrogen and oxygen atoms in total. The fraction of sp³-hybridized carbons (Fsp3) is 0.200. The van der Waals surface area contributed by atoms with Crippen molar-refractivity contribution in [2.24, 2.45) is 4.99 Å². The van der Waals surface area contributed by atoms with Crippen LogP contribution in [0.4, 0.5) is 0 Å². The minimum absolute atomic E-state index is 0.129. The number of fused-ring (bicyclic) bond motifs is 1. The summed E-state index contributed by atoms with van der Waals surface area (Å²) in [6.45, 7) is 1.59. The molecule has 0 amide bonds. The molecular weight excluding hydrogens is 274 g/mol. The minimum atomic E-state index is -1.12. The number of nitrogens with zero attached hydrogens (tertiary/aromatic N) is 1.